The largest absolute Gasteiger partial charge is 0.493 e. The fraction of sp³-hybridized carbons (Fsp3) is 0.533. The second-order valence-corrected chi connectivity index (χ2v) is 4.73. The van der Waals surface area contributed by atoms with Crippen molar-refractivity contribution in [2.45, 2.75) is 26.3 Å². The van der Waals surface area contributed by atoms with Gasteiger partial charge >= 0.3 is 0 Å². The average Bonchev–Trinajstić information content (AvgIpc) is 2.43. The first-order valence-corrected chi connectivity index (χ1v) is 6.75. The zero-order chi connectivity index (χ0) is 15.0. The summed E-state index contributed by atoms with van der Waals surface area (Å²) in [4.78, 5) is 10.7. The summed E-state index contributed by atoms with van der Waals surface area (Å²) in [6, 6.07) is 6.26. The number of benzene rings is 1. The molecule has 0 heterocycles. The van der Waals surface area contributed by atoms with E-state index in [1.807, 2.05) is 18.2 Å². The zero-order valence-corrected chi connectivity index (χ0v) is 12.7. The van der Waals surface area contributed by atoms with Gasteiger partial charge in [-0.2, -0.15) is 0 Å². The minimum absolute atomic E-state index is 0.000608. The molecule has 0 saturated carbocycles. The van der Waals surface area contributed by atoms with Crippen LogP contribution >= 0.6 is 0 Å². The van der Waals surface area contributed by atoms with Gasteiger partial charge in [-0.1, -0.05) is 6.07 Å². The van der Waals surface area contributed by atoms with Gasteiger partial charge in [-0.15, -0.1) is 0 Å². The highest BCUT2D eigenvalue weighted by molar-refractivity contribution is 5.72. The molecule has 0 fully saturated rings. The van der Waals surface area contributed by atoms with Crippen LogP contribution in [-0.2, 0) is 11.2 Å². The molecule has 112 valence electrons. The van der Waals surface area contributed by atoms with Gasteiger partial charge in [-0.05, 0) is 31.0 Å². The van der Waals surface area contributed by atoms with E-state index < -0.39 is 0 Å². The highest BCUT2D eigenvalue weighted by Crippen LogP contribution is 2.27. The Bertz CT molecular complexity index is 435. The lowest BCUT2D eigenvalue weighted by Gasteiger charge is -2.15. The van der Waals surface area contributed by atoms with Crippen molar-refractivity contribution in [3.8, 4) is 11.5 Å². The SMILES string of the molecule is COc1ccc(CC(C)NCCNC(C)=O)cc1OC. The molecule has 0 aliphatic rings. The van der Waals surface area contributed by atoms with Gasteiger partial charge in [0, 0.05) is 26.1 Å². The quantitative estimate of drug-likeness (QED) is 0.706. The number of hydrogen-bond acceptors (Lipinski definition) is 4. The first-order valence-electron chi connectivity index (χ1n) is 6.75. The molecule has 5 nitrogen and oxygen atoms in total. The van der Waals surface area contributed by atoms with Crippen LogP contribution in [-0.4, -0.2) is 39.3 Å². The molecule has 1 aromatic rings. The number of rotatable bonds is 8. The molecule has 1 aromatic carbocycles. The van der Waals surface area contributed by atoms with Gasteiger partial charge in [0.2, 0.25) is 5.91 Å². The summed E-state index contributed by atoms with van der Waals surface area (Å²) in [7, 11) is 3.26. The Morgan fingerprint density at radius 1 is 1.20 bits per heavy atom. The number of nitrogens with one attached hydrogen (secondary N) is 2. The van der Waals surface area contributed by atoms with E-state index >= 15 is 0 Å². The molecule has 5 heteroatoms. The van der Waals surface area contributed by atoms with Crippen LogP contribution in [0.15, 0.2) is 18.2 Å². The summed E-state index contributed by atoms with van der Waals surface area (Å²) in [5.74, 6) is 1.48. The van der Waals surface area contributed by atoms with Gasteiger partial charge in [-0.3, -0.25) is 4.79 Å². The molecule has 0 radical (unpaired) electrons. The van der Waals surface area contributed by atoms with Crippen LogP contribution in [0.1, 0.15) is 19.4 Å². The summed E-state index contributed by atoms with van der Waals surface area (Å²) in [6.07, 6.45) is 0.889. The summed E-state index contributed by atoms with van der Waals surface area (Å²) in [5.41, 5.74) is 1.18. The van der Waals surface area contributed by atoms with Crippen LogP contribution in [0.25, 0.3) is 0 Å². The maximum absolute atomic E-state index is 10.7. The van der Waals surface area contributed by atoms with E-state index in [-0.39, 0.29) is 5.91 Å². The second-order valence-electron chi connectivity index (χ2n) is 4.73. The van der Waals surface area contributed by atoms with E-state index in [2.05, 4.69) is 17.6 Å². The molecule has 1 rings (SSSR count). The van der Waals surface area contributed by atoms with E-state index in [9.17, 15) is 4.79 Å². The van der Waals surface area contributed by atoms with Gasteiger partial charge in [0.25, 0.3) is 0 Å². The molecule has 1 atom stereocenters. The van der Waals surface area contributed by atoms with Crippen LogP contribution in [0.3, 0.4) is 0 Å². The van der Waals surface area contributed by atoms with E-state index in [0.717, 1.165) is 24.5 Å². The van der Waals surface area contributed by atoms with Crippen molar-refractivity contribution in [2.24, 2.45) is 0 Å². The predicted molar refractivity (Wildman–Crippen MR) is 79.4 cm³/mol. The molecule has 0 aliphatic heterocycles. The molecular formula is C15H24N2O3. The normalized spacial score (nSPS) is 11.8. The van der Waals surface area contributed by atoms with Gasteiger partial charge in [0.05, 0.1) is 14.2 Å². The lowest BCUT2D eigenvalue weighted by atomic mass is 10.1. The van der Waals surface area contributed by atoms with Crippen LogP contribution in [0.5, 0.6) is 11.5 Å². The number of hydrogen-bond donors (Lipinski definition) is 2. The summed E-state index contributed by atoms with van der Waals surface area (Å²) in [6.45, 7) is 5.04. The minimum Gasteiger partial charge on any atom is -0.493 e. The Balaban J connectivity index is 2.45. The van der Waals surface area contributed by atoms with Crippen molar-refractivity contribution in [1.29, 1.82) is 0 Å². The van der Waals surface area contributed by atoms with Gasteiger partial charge < -0.3 is 20.1 Å². The van der Waals surface area contributed by atoms with Gasteiger partial charge in [-0.25, -0.2) is 0 Å². The van der Waals surface area contributed by atoms with Crippen molar-refractivity contribution >= 4 is 5.91 Å². The van der Waals surface area contributed by atoms with E-state index in [4.69, 9.17) is 9.47 Å². The first kappa shape index (κ1) is 16.3. The smallest absolute Gasteiger partial charge is 0.216 e. The molecule has 1 unspecified atom stereocenters. The van der Waals surface area contributed by atoms with Crippen molar-refractivity contribution in [3.63, 3.8) is 0 Å². The predicted octanol–water partition coefficient (Wildman–Crippen LogP) is 1.36. The molecule has 0 spiro atoms. The number of carbonyl (C=O) groups is 1. The van der Waals surface area contributed by atoms with Crippen LogP contribution < -0.4 is 20.1 Å². The lowest BCUT2D eigenvalue weighted by molar-refractivity contribution is -0.118. The van der Waals surface area contributed by atoms with E-state index in [1.54, 1.807) is 14.2 Å². The molecule has 0 aliphatic carbocycles. The van der Waals surface area contributed by atoms with Crippen LogP contribution in [0, 0.1) is 0 Å². The maximum Gasteiger partial charge on any atom is 0.216 e. The highest BCUT2D eigenvalue weighted by Gasteiger charge is 2.07. The van der Waals surface area contributed by atoms with Gasteiger partial charge in [0.15, 0.2) is 11.5 Å². The summed E-state index contributed by atoms with van der Waals surface area (Å²) < 4.78 is 10.5. The summed E-state index contributed by atoms with van der Waals surface area (Å²) >= 11 is 0. The number of ether oxygens (including phenoxy) is 2. The second kappa shape index (κ2) is 8.43. The standard InChI is InChI=1S/C15H24N2O3/c1-11(16-7-8-17-12(2)18)9-13-5-6-14(19-3)15(10-13)20-4/h5-6,10-11,16H,7-9H2,1-4H3,(H,17,18). The van der Waals surface area contributed by atoms with Gasteiger partial charge in [0.1, 0.15) is 0 Å². The Morgan fingerprint density at radius 2 is 1.90 bits per heavy atom. The third-order valence-corrected chi connectivity index (χ3v) is 2.98. The third kappa shape index (κ3) is 5.48. The first-order chi connectivity index (χ1) is 9.56. The lowest BCUT2D eigenvalue weighted by Crippen LogP contribution is -2.35. The Morgan fingerprint density at radius 3 is 2.50 bits per heavy atom. The van der Waals surface area contributed by atoms with E-state index in [1.165, 1.54) is 12.5 Å². The Kier molecular flexibility index (Phi) is 6.87. The number of amides is 1. The topological polar surface area (TPSA) is 59.6 Å². The summed E-state index contributed by atoms with van der Waals surface area (Å²) in [5, 5.41) is 6.13. The molecule has 20 heavy (non-hydrogen) atoms. The highest BCUT2D eigenvalue weighted by atomic mass is 16.5. The third-order valence-electron chi connectivity index (χ3n) is 2.98. The van der Waals surface area contributed by atoms with Crippen molar-refractivity contribution < 1.29 is 14.3 Å². The van der Waals surface area contributed by atoms with Crippen molar-refractivity contribution in [3.05, 3.63) is 23.8 Å². The van der Waals surface area contributed by atoms with Crippen molar-refractivity contribution in [1.82, 2.24) is 10.6 Å². The fourth-order valence-corrected chi connectivity index (χ4v) is 1.99. The number of carbonyl (C=O) groups excluding carboxylic acids is 1. The van der Waals surface area contributed by atoms with Crippen LogP contribution in [0.4, 0.5) is 0 Å². The molecule has 0 saturated heterocycles. The van der Waals surface area contributed by atoms with Crippen molar-refractivity contribution in [2.75, 3.05) is 27.3 Å². The van der Waals surface area contributed by atoms with E-state index in [0.29, 0.717) is 12.6 Å². The number of methoxy groups -OCH3 is 2. The zero-order valence-electron chi connectivity index (χ0n) is 12.7. The molecular weight excluding hydrogens is 256 g/mol. The van der Waals surface area contributed by atoms with Crippen LogP contribution in [0.2, 0.25) is 0 Å². The monoisotopic (exact) mass is 280 g/mol. The Labute approximate surface area is 120 Å². The average molecular weight is 280 g/mol. The molecule has 2 N–H and O–H groups in total. The Hall–Kier alpha value is -1.75. The maximum atomic E-state index is 10.7. The fourth-order valence-electron chi connectivity index (χ4n) is 1.99. The molecule has 0 aromatic heterocycles. The molecule has 1 amide bonds. The molecule has 0 bridgehead atoms. The minimum atomic E-state index is -0.000608.